The average molecular weight is 405 g/mol. The highest BCUT2D eigenvalue weighted by atomic mass is 19.1. The van der Waals surface area contributed by atoms with E-state index in [1.807, 2.05) is 4.90 Å². The molecule has 3 atom stereocenters. The minimum Gasteiger partial charge on any atom is -0.461 e. The van der Waals surface area contributed by atoms with Crippen molar-refractivity contribution in [1.29, 1.82) is 0 Å². The van der Waals surface area contributed by atoms with Crippen molar-refractivity contribution >= 4 is 16.7 Å². The number of β-amino-alcohol motifs (C(OH)–C–C–N with tert-alkyl or cyclic N) is 1. The van der Waals surface area contributed by atoms with Gasteiger partial charge < -0.3 is 14.7 Å². The number of alkyl halides is 1. The quantitative estimate of drug-likeness (QED) is 0.835. The lowest BCUT2D eigenvalue weighted by atomic mass is 9.95. The van der Waals surface area contributed by atoms with Crippen molar-refractivity contribution in [2.24, 2.45) is 0 Å². The molecule has 29 heavy (non-hydrogen) atoms. The second-order valence-electron chi connectivity index (χ2n) is 8.45. The van der Waals surface area contributed by atoms with Crippen LogP contribution in [0.15, 0.2) is 12.4 Å². The van der Waals surface area contributed by atoms with Gasteiger partial charge in [0.15, 0.2) is 5.82 Å². The summed E-state index contributed by atoms with van der Waals surface area (Å²) in [6, 6.07) is 0.0844. The number of ether oxygens (including phenoxy) is 1. The van der Waals surface area contributed by atoms with Gasteiger partial charge in [0.2, 0.25) is 0 Å². The SMILES string of the molecule is O[C@@H]1CCCN(c2nc(OC[C@@]34CCCN3C[C@H](F)C4)nc3c(F)cncc23)C1. The molecule has 3 aliphatic heterocycles. The van der Waals surface area contributed by atoms with Gasteiger partial charge in [-0.1, -0.05) is 0 Å². The maximum Gasteiger partial charge on any atom is 0.319 e. The predicted molar refractivity (Wildman–Crippen MR) is 103 cm³/mol. The molecule has 5 heterocycles. The fourth-order valence-corrected chi connectivity index (χ4v) is 5.08. The van der Waals surface area contributed by atoms with E-state index in [9.17, 15) is 13.9 Å². The van der Waals surface area contributed by atoms with Gasteiger partial charge in [0.05, 0.1) is 23.2 Å². The van der Waals surface area contributed by atoms with Gasteiger partial charge in [-0.05, 0) is 32.2 Å². The molecule has 0 bridgehead atoms. The van der Waals surface area contributed by atoms with Gasteiger partial charge in [-0.3, -0.25) is 9.88 Å². The van der Waals surface area contributed by atoms with Crippen LogP contribution < -0.4 is 9.64 Å². The van der Waals surface area contributed by atoms with E-state index in [-0.39, 0.29) is 23.7 Å². The fourth-order valence-electron chi connectivity index (χ4n) is 5.08. The molecule has 0 spiro atoms. The van der Waals surface area contributed by atoms with Crippen LogP contribution in [0.4, 0.5) is 14.6 Å². The summed E-state index contributed by atoms with van der Waals surface area (Å²) in [5.74, 6) is -0.0229. The highest BCUT2D eigenvalue weighted by Crippen LogP contribution is 2.40. The van der Waals surface area contributed by atoms with E-state index >= 15 is 0 Å². The topological polar surface area (TPSA) is 74.6 Å². The number of anilines is 1. The molecule has 2 aromatic rings. The zero-order valence-corrected chi connectivity index (χ0v) is 16.2. The Kier molecular flexibility index (Phi) is 4.74. The first-order valence-electron chi connectivity index (χ1n) is 10.3. The van der Waals surface area contributed by atoms with E-state index in [2.05, 4.69) is 19.9 Å². The third-order valence-electron chi connectivity index (χ3n) is 6.45. The number of halogens is 2. The molecule has 0 aromatic carbocycles. The molecule has 0 radical (unpaired) electrons. The van der Waals surface area contributed by atoms with Crippen LogP contribution in [0.5, 0.6) is 6.01 Å². The third kappa shape index (κ3) is 3.40. The summed E-state index contributed by atoms with van der Waals surface area (Å²) >= 11 is 0. The number of fused-ring (bicyclic) bond motifs is 2. The first-order valence-corrected chi connectivity index (χ1v) is 10.3. The van der Waals surface area contributed by atoms with Crippen molar-refractivity contribution in [3.05, 3.63) is 18.2 Å². The maximum atomic E-state index is 14.5. The number of rotatable bonds is 4. The summed E-state index contributed by atoms with van der Waals surface area (Å²) in [5, 5.41) is 10.6. The summed E-state index contributed by atoms with van der Waals surface area (Å²) in [5.41, 5.74) is -0.175. The van der Waals surface area contributed by atoms with Crippen molar-refractivity contribution in [1.82, 2.24) is 19.9 Å². The van der Waals surface area contributed by atoms with Crippen molar-refractivity contribution in [2.75, 3.05) is 37.7 Å². The second-order valence-corrected chi connectivity index (χ2v) is 8.45. The Morgan fingerprint density at radius 1 is 1.21 bits per heavy atom. The van der Waals surface area contributed by atoms with Gasteiger partial charge in [0, 0.05) is 32.3 Å². The lowest BCUT2D eigenvalue weighted by Gasteiger charge is -2.32. The Morgan fingerprint density at radius 3 is 2.97 bits per heavy atom. The van der Waals surface area contributed by atoms with Crippen LogP contribution in [-0.2, 0) is 0 Å². The van der Waals surface area contributed by atoms with E-state index in [1.54, 1.807) is 6.20 Å². The summed E-state index contributed by atoms with van der Waals surface area (Å²) < 4.78 is 34.4. The lowest BCUT2D eigenvalue weighted by molar-refractivity contribution is 0.107. The van der Waals surface area contributed by atoms with E-state index < -0.39 is 18.1 Å². The van der Waals surface area contributed by atoms with Gasteiger partial charge in [-0.2, -0.15) is 9.97 Å². The molecule has 0 amide bonds. The molecule has 0 aliphatic carbocycles. The summed E-state index contributed by atoms with van der Waals surface area (Å²) in [6.07, 6.45) is 5.27. The van der Waals surface area contributed by atoms with Crippen molar-refractivity contribution in [2.45, 2.75) is 49.9 Å². The molecular formula is C20H25F2N5O2. The Labute approximate surface area is 167 Å². The molecule has 9 heteroatoms. The number of hydrogen-bond donors (Lipinski definition) is 1. The normalized spacial score (nSPS) is 30.1. The number of aliphatic hydroxyl groups is 1. The molecule has 0 saturated carbocycles. The lowest BCUT2D eigenvalue weighted by Crippen LogP contribution is -2.43. The molecule has 2 aromatic heterocycles. The minimum atomic E-state index is -0.842. The van der Waals surface area contributed by atoms with Crippen LogP contribution in [0.1, 0.15) is 32.1 Å². The van der Waals surface area contributed by atoms with Gasteiger partial charge in [-0.25, -0.2) is 8.78 Å². The first-order chi connectivity index (χ1) is 14.0. The number of hydrogen-bond acceptors (Lipinski definition) is 7. The van der Waals surface area contributed by atoms with Crippen molar-refractivity contribution in [3.63, 3.8) is 0 Å². The second kappa shape index (κ2) is 7.28. The van der Waals surface area contributed by atoms with Crippen molar-refractivity contribution < 1.29 is 18.6 Å². The molecule has 1 N–H and O–H groups in total. The molecule has 7 nitrogen and oxygen atoms in total. The van der Waals surface area contributed by atoms with Crippen LogP contribution in [0, 0.1) is 5.82 Å². The minimum absolute atomic E-state index is 0.0844. The first kappa shape index (κ1) is 18.9. The largest absolute Gasteiger partial charge is 0.461 e. The average Bonchev–Trinajstić information content (AvgIpc) is 3.22. The number of aliphatic hydroxyl groups excluding tert-OH is 1. The standard InChI is InChI=1S/C20H25F2N5O2/c21-13-7-20(4-2-6-27(20)10-13)12-29-19-24-17-15(8-23-9-16(17)22)18(25-19)26-5-1-3-14(28)11-26/h8-9,13-14,28H,1-7,10-12H2/t13-,14-,20+/m1/s1. The van der Waals surface area contributed by atoms with Crippen LogP contribution in [0.2, 0.25) is 0 Å². The number of aromatic nitrogens is 3. The number of piperidine rings is 1. The fraction of sp³-hybridized carbons (Fsp3) is 0.650. The summed E-state index contributed by atoms with van der Waals surface area (Å²) in [4.78, 5) is 16.9. The van der Waals surface area contributed by atoms with Crippen LogP contribution in [0.25, 0.3) is 10.9 Å². The molecule has 3 aliphatic rings. The summed E-state index contributed by atoms with van der Waals surface area (Å²) in [6.45, 7) is 2.73. The van der Waals surface area contributed by atoms with Crippen molar-refractivity contribution in [3.8, 4) is 6.01 Å². The van der Waals surface area contributed by atoms with Gasteiger partial charge in [0.1, 0.15) is 24.1 Å². The van der Waals surface area contributed by atoms with Crippen LogP contribution in [-0.4, -0.2) is 75.6 Å². The third-order valence-corrected chi connectivity index (χ3v) is 6.45. The Morgan fingerprint density at radius 2 is 2.10 bits per heavy atom. The molecule has 3 saturated heterocycles. The molecule has 3 fully saturated rings. The van der Waals surface area contributed by atoms with E-state index in [0.29, 0.717) is 37.3 Å². The number of pyridine rings is 1. The Balaban J connectivity index is 1.47. The molecule has 5 rings (SSSR count). The zero-order chi connectivity index (χ0) is 20.0. The maximum absolute atomic E-state index is 14.5. The predicted octanol–water partition coefficient (Wildman–Crippen LogP) is 2.08. The van der Waals surface area contributed by atoms with Gasteiger partial charge in [0.25, 0.3) is 0 Å². The number of nitrogens with zero attached hydrogens (tertiary/aromatic N) is 5. The van der Waals surface area contributed by atoms with Crippen LogP contribution >= 0.6 is 0 Å². The zero-order valence-electron chi connectivity index (χ0n) is 16.2. The molecule has 156 valence electrons. The van der Waals surface area contributed by atoms with Gasteiger partial charge >= 0.3 is 6.01 Å². The highest BCUT2D eigenvalue weighted by molar-refractivity contribution is 5.89. The molecule has 0 unspecified atom stereocenters. The molecular weight excluding hydrogens is 380 g/mol. The highest BCUT2D eigenvalue weighted by Gasteiger charge is 2.49. The Hall–Kier alpha value is -2.13. The van der Waals surface area contributed by atoms with E-state index in [4.69, 9.17) is 4.74 Å². The van der Waals surface area contributed by atoms with Gasteiger partial charge in [-0.15, -0.1) is 0 Å². The van der Waals surface area contributed by atoms with E-state index in [0.717, 1.165) is 38.4 Å². The van der Waals surface area contributed by atoms with Crippen LogP contribution in [0.3, 0.4) is 0 Å². The monoisotopic (exact) mass is 405 g/mol. The smallest absolute Gasteiger partial charge is 0.319 e. The Bertz CT molecular complexity index is 916. The summed E-state index contributed by atoms with van der Waals surface area (Å²) in [7, 11) is 0. The van der Waals surface area contributed by atoms with E-state index in [1.165, 1.54) is 0 Å².